The molecular formula is C12H20O3. The van der Waals surface area contributed by atoms with Crippen LogP contribution in [0.2, 0.25) is 0 Å². The lowest BCUT2D eigenvalue weighted by Crippen LogP contribution is -2.03. The van der Waals surface area contributed by atoms with E-state index in [0.717, 1.165) is 24.8 Å². The first kappa shape index (κ1) is 12.2. The maximum Gasteiger partial charge on any atom is 0.330 e. The Hall–Kier alpha value is -0.830. The summed E-state index contributed by atoms with van der Waals surface area (Å²) in [7, 11) is 0. The Morgan fingerprint density at radius 3 is 2.73 bits per heavy atom. The van der Waals surface area contributed by atoms with Gasteiger partial charge in [0, 0.05) is 12.7 Å². The molecule has 3 nitrogen and oxygen atoms in total. The third-order valence-corrected chi connectivity index (χ3v) is 2.61. The van der Waals surface area contributed by atoms with Crippen molar-refractivity contribution in [2.24, 2.45) is 5.92 Å². The second-order valence-corrected chi connectivity index (χ2v) is 4.11. The monoisotopic (exact) mass is 212 g/mol. The molecule has 0 unspecified atom stereocenters. The van der Waals surface area contributed by atoms with Crippen molar-refractivity contribution in [1.82, 2.24) is 0 Å². The molecule has 86 valence electrons. The van der Waals surface area contributed by atoms with Crippen LogP contribution in [0, 0.1) is 5.92 Å². The van der Waals surface area contributed by atoms with Gasteiger partial charge in [0.25, 0.3) is 0 Å². The largest absolute Gasteiger partial charge is 0.463 e. The first-order valence-electron chi connectivity index (χ1n) is 5.70. The molecule has 1 saturated carbocycles. The van der Waals surface area contributed by atoms with E-state index in [4.69, 9.17) is 9.84 Å². The van der Waals surface area contributed by atoms with Gasteiger partial charge < -0.3 is 9.84 Å². The van der Waals surface area contributed by atoms with Gasteiger partial charge in [-0.3, -0.25) is 0 Å². The Kier molecular flexibility index (Phi) is 5.40. The Bertz CT molecular complexity index is 229. The number of rotatable bonds is 7. The summed E-state index contributed by atoms with van der Waals surface area (Å²) >= 11 is 0. The lowest BCUT2D eigenvalue weighted by atomic mass is 10.2. The fourth-order valence-corrected chi connectivity index (χ4v) is 1.45. The molecule has 0 heterocycles. The molecule has 0 aromatic rings. The Balaban J connectivity index is 2.05. The minimum atomic E-state index is -0.219. The van der Waals surface area contributed by atoms with Gasteiger partial charge in [0.15, 0.2) is 0 Å². The van der Waals surface area contributed by atoms with Gasteiger partial charge in [-0.15, -0.1) is 0 Å². The summed E-state index contributed by atoms with van der Waals surface area (Å²) < 4.78 is 5.04. The van der Waals surface area contributed by atoms with Crippen LogP contribution in [0.5, 0.6) is 0 Å². The van der Waals surface area contributed by atoms with Crippen molar-refractivity contribution in [2.45, 2.75) is 39.0 Å². The van der Waals surface area contributed by atoms with E-state index in [1.807, 2.05) is 6.92 Å². The van der Waals surface area contributed by atoms with Crippen LogP contribution in [0.25, 0.3) is 0 Å². The number of ether oxygens (including phenoxy) is 1. The van der Waals surface area contributed by atoms with E-state index in [-0.39, 0.29) is 12.6 Å². The summed E-state index contributed by atoms with van der Waals surface area (Å²) in [5, 5.41) is 8.54. The molecule has 0 radical (unpaired) electrons. The van der Waals surface area contributed by atoms with E-state index in [2.05, 4.69) is 0 Å². The minimum Gasteiger partial charge on any atom is -0.463 e. The number of aliphatic hydroxyl groups excluding tert-OH is 1. The fourth-order valence-electron chi connectivity index (χ4n) is 1.45. The molecule has 0 aromatic carbocycles. The molecule has 1 N–H and O–H groups in total. The number of hydrogen-bond acceptors (Lipinski definition) is 3. The van der Waals surface area contributed by atoms with E-state index in [1.54, 1.807) is 6.08 Å². The van der Waals surface area contributed by atoms with E-state index in [1.165, 1.54) is 12.8 Å². The average molecular weight is 212 g/mol. The van der Waals surface area contributed by atoms with Crippen LogP contribution >= 0.6 is 0 Å². The summed E-state index contributed by atoms with van der Waals surface area (Å²) in [6.07, 6.45) is 6.58. The minimum absolute atomic E-state index is 0.217. The molecule has 0 bridgehead atoms. The Labute approximate surface area is 91.1 Å². The first-order valence-corrected chi connectivity index (χ1v) is 5.70. The van der Waals surface area contributed by atoms with Crippen molar-refractivity contribution in [3.8, 4) is 0 Å². The molecule has 3 heteroatoms. The van der Waals surface area contributed by atoms with Crippen molar-refractivity contribution in [3.05, 3.63) is 11.6 Å². The quantitative estimate of drug-likeness (QED) is 0.399. The zero-order chi connectivity index (χ0) is 11.1. The van der Waals surface area contributed by atoms with Crippen LogP contribution in [-0.2, 0) is 9.53 Å². The maximum absolute atomic E-state index is 11.3. The van der Waals surface area contributed by atoms with Gasteiger partial charge in [-0.05, 0) is 44.9 Å². The molecule has 0 aromatic heterocycles. The number of hydrogen-bond donors (Lipinski definition) is 1. The average Bonchev–Trinajstić information content (AvgIpc) is 3.00. The van der Waals surface area contributed by atoms with E-state index < -0.39 is 0 Å². The maximum atomic E-state index is 11.3. The molecule has 0 atom stereocenters. The van der Waals surface area contributed by atoms with Gasteiger partial charge >= 0.3 is 5.97 Å². The molecule has 1 aliphatic rings. The lowest BCUT2D eigenvalue weighted by Gasteiger charge is -2.02. The normalized spacial score (nSPS) is 16.5. The predicted molar refractivity (Wildman–Crippen MR) is 58.4 cm³/mol. The first-order chi connectivity index (χ1) is 7.24. The molecule has 1 aliphatic carbocycles. The fraction of sp³-hybridized carbons (Fsp3) is 0.750. The molecule has 0 spiro atoms. The highest BCUT2D eigenvalue weighted by molar-refractivity contribution is 5.82. The Morgan fingerprint density at radius 1 is 1.40 bits per heavy atom. The van der Waals surface area contributed by atoms with Gasteiger partial charge in [-0.25, -0.2) is 4.79 Å². The van der Waals surface area contributed by atoms with Gasteiger partial charge in [0.05, 0.1) is 6.61 Å². The molecule has 0 saturated heterocycles. The molecule has 0 amide bonds. The van der Waals surface area contributed by atoms with Crippen LogP contribution in [0.3, 0.4) is 0 Å². The van der Waals surface area contributed by atoms with Gasteiger partial charge in [-0.2, -0.15) is 0 Å². The van der Waals surface area contributed by atoms with Gasteiger partial charge in [-0.1, -0.05) is 5.57 Å². The van der Waals surface area contributed by atoms with Crippen molar-refractivity contribution in [3.63, 3.8) is 0 Å². The third-order valence-electron chi connectivity index (χ3n) is 2.61. The molecule has 1 rings (SSSR count). The lowest BCUT2D eigenvalue weighted by molar-refractivity contribution is -0.137. The predicted octanol–water partition coefficient (Wildman–Crippen LogP) is 2.05. The number of unbranched alkanes of at least 4 members (excludes halogenated alkanes) is 2. The van der Waals surface area contributed by atoms with Crippen molar-refractivity contribution in [1.29, 1.82) is 0 Å². The van der Waals surface area contributed by atoms with Crippen molar-refractivity contribution in [2.75, 3.05) is 13.2 Å². The second kappa shape index (κ2) is 6.62. The molecule has 1 fully saturated rings. The summed E-state index contributed by atoms with van der Waals surface area (Å²) in [5.41, 5.74) is 1.15. The molecule has 15 heavy (non-hydrogen) atoms. The van der Waals surface area contributed by atoms with Gasteiger partial charge in [0.1, 0.15) is 0 Å². The zero-order valence-corrected chi connectivity index (χ0v) is 9.37. The number of carbonyl (C=O) groups excluding carboxylic acids is 1. The third kappa shape index (κ3) is 5.57. The van der Waals surface area contributed by atoms with Crippen LogP contribution in [0.1, 0.15) is 39.0 Å². The molecule has 0 aliphatic heterocycles. The van der Waals surface area contributed by atoms with Crippen molar-refractivity contribution >= 4 is 5.97 Å². The highest BCUT2D eigenvalue weighted by atomic mass is 16.5. The van der Waals surface area contributed by atoms with E-state index in [9.17, 15) is 4.79 Å². The SMILES string of the molecule is CC(=CC(=O)OCCCCCO)C1CC1. The van der Waals surface area contributed by atoms with E-state index >= 15 is 0 Å². The van der Waals surface area contributed by atoms with E-state index in [0.29, 0.717) is 12.5 Å². The van der Waals surface area contributed by atoms with Crippen molar-refractivity contribution < 1.29 is 14.6 Å². The highest BCUT2D eigenvalue weighted by Crippen LogP contribution is 2.35. The number of aliphatic hydroxyl groups is 1. The van der Waals surface area contributed by atoms with Crippen LogP contribution < -0.4 is 0 Å². The van der Waals surface area contributed by atoms with Crippen LogP contribution in [-0.4, -0.2) is 24.3 Å². The van der Waals surface area contributed by atoms with Gasteiger partial charge in [0.2, 0.25) is 0 Å². The zero-order valence-electron chi connectivity index (χ0n) is 9.37. The topological polar surface area (TPSA) is 46.5 Å². The number of allylic oxidation sites excluding steroid dienone is 1. The smallest absolute Gasteiger partial charge is 0.330 e. The molecular weight excluding hydrogens is 192 g/mol. The summed E-state index contributed by atoms with van der Waals surface area (Å²) in [6.45, 7) is 2.67. The highest BCUT2D eigenvalue weighted by Gasteiger charge is 2.23. The second-order valence-electron chi connectivity index (χ2n) is 4.11. The standard InChI is InChI=1S/C12H20O3/c1-10(11-5-6-11)9-12(14)15-8-4-2-3-7-13/h9,11,13H,2-8H2,1H3. The van der Waals surface area contributed by atoms with Crippen LogP contribution in [0.4, 0.5) is 0 Å². The summed E-state index contributed by atoms with van der Waals surface area (Å²) in [6, 6.07) is 0. The Morgan fingerprint density at radius 2 is 2.13 bits per heavy atom. The number of carbonyl (C=O) groups is 1. The van der Waals surface area contributed by atoms with Crippen LogP contribution in [0.15, 0.2) is 11.6 Å². The number of esters is 1. The summed E-state index contributed by atoms with van der Waals surface area (Å²) in [5.74, 6) is 0.412. The summed E-state index contributed by atoms with van der Waals surface area (Å²) in [4.78, 5) is 11.3.